The van der Waals surface area contributed by atoms with Crippen LogP contribution in [0.4, 0.5) is 0 Å². The van der Waals surface area contributed by atoms with Crippen molar-refractivity contribution in [2.75, 3.05) is 0 Å². The van der Waals surface area contributed by atoms with Crippen LogP contribution >= 0.6 is 12.6 Å². The maximum atomic E-state index is 4.95. The molecule has 0 atom stereocenters. The summed E-state index contributed by atoms with van der Waals surface area (Å²) < 4.78 is 0. The van der Waals surface area contributed by atoms with E-state index in [1.165, 1.54) is 5.98 Å². The predicted octanol–water partition coefficient (Wildman–Crippen LogP) is 1.11. The van der Waals surface area contributed by atoms with Crippen molar-refractivity contribution in [2.45, 2.75) is 0 Å². The maximum Gasteiger partial charge on any atom is 0.102 e. The first-order valence-corrected chi connectivity index (χ1v) is 2.11. The molecule has 0 bridgehead atoms. The van der Waals surface area contributed by atoms with Crippen molar-refractivity contribution in [1.82, 2.24) is 0 Å². The van der Waals surface area contributed by atoms with Gasteiger partial charge in [0, 0.05) is 0 Å². The van der Waals surface area contributed by atoms with Crippen LogP contribution in [0.15, 0.2) is 23.5 Å². The average Bonchev–Trinajstić information content (AvgIpc) is 1.61. The zero-order valence-electron chi connectivity index (χ0n) is 3.33. The van der Waals surface area contributed by atoms with Crippen LogP contribution in [-0.2, 0) is 0 Å². The van der Waals surface area contributed by atoms with Gasteiger partial charge in [-0.25, -0.2) is 0 Å². The molecule has 0 N–H and O–H groups in total. The molecule has 0 unspecified atom stereocenters. The van der Waals surface area contributed by atoms with Crippen LogP contribution in [0.3, 0.4) is 0 Å². The Morgan fingerprint density at radius 1 is 1.33 bits per heavy atom. The molecule has 0 saturated carbocycles. The first kappa shape index (κ1) is 5.89. The largest absolute Gasteiger partial charge is 0.151 e. The van der Waals surface area contributed by atoms with Gasteiger partial charge < -0.3 is 0 Å². The first-order chi connectivity index (χ1) is 2.91. The highest BCUT2D eigenvalue weighted by molar-refractivity contribution is 7.83. The van der Waals surface area contributed by atoms with Gasteiger partial charge >= 0.3 is 0 Å². The van der Waals surface area contributed by atoms with E-state index in [1.807, 2.05) is 0 Å². The topological polar surface area (TPSA) is 0 Å². The van der Waals surface area contributed by atoms with Gasteiger partial charge in [-0.3, -0.25) is 0 Å². The van der Waals surface area contributed by atoms with Gasteiger partial charge in [0.05, 0.1) is 0 Å². The molecule has 0 aromatic carbocycles. The predicted molar refractivity (Wildman–Crippen MR) is 33.0 cm³/mol. The van der Waals surface area contributed by atoms with E-state index in [0.717, 1.165) is 0 Å². The Morgan fingerprint density at radius 2 is 2.00 bits per heavy atom. The summed E-state index contributed by atoms with van der Waals surface area (Å²) in [6, 6.07) is 0. The monoisotopic (exact) mass is 96.0 g/mol. The number of thiol groups is 1. The Labute approximate surface area is 44.8 Å². The standard InChI is InChI=1S/C4H5BS/c5-3-1-2-4-6/h1-4,6H/b3-1-,4-2-. The highest BCUT2D eigenvalue weighted by Gasteiger charge is 1.49. The molecule has 0 spiro atoms. The van der Waals surface area contributed by atoms with Crippen molar-refractivity contribution in [1.29, 1.82) is 0 Å². The molecule has 0 aliphatic carbocycles. The number of allylic oxidation sites excluding steroid dienone is 2. The van der Waals surface area contributed by atoms with Gasteiger partial charge in [-0.05, 0) is 5.41 Å². The Bertz CT molecular complexity index is 55.9. The van der Waals surface area contributed by atoms with Crippen molar-refractivity contribution in [3.05, 3.63) is 23.5 Å². The van der Waals surface area contributed by atoms with Gasteiger partial charge in [-0.15, -0.1) is 5.98 Å². The van der Waals surface area contributed by atoms with Gasteiger partial charge in [-0.1, -0.05) is 12.2 Å². The fraction of sp³-hybridized carbons (Fsp3) is 0. The normalized spacial score (nSPS) is 11.5. The molecule has 0 heterocycles. The molecule has 0 nitrogen and oxygen atoms in total. The zero-order chi connectivity index (χ0) is 4.83. The summed E-state index contributed by atoms with van der Waals surface area (Å²) in [7, 11) is 4.95. The fourth-order valence-corrected chi connectivity index (χ4v) is 0.213. The molecule has 2 radical (unpaired) electrons. The molecule has 2 heteroatoms. The van der Waals surface area contributed by atoms with Crippen molar-refractivity contribution < 1.29 is 0 Å². The Balaban J connectivity index is 3.07. The van der Waals surface area contributed by atoms with Crippen LogP contribution in [0.2, 0.25) is 0 Å². The molecular weight excluding hydrogens is 90.9 g/mol. The SMILES string of the molecule is [B]/C=C\C=C/S. The van der Waals surface area contributed by atoms with Crippen LogP contribution in [0.5, 0.6) is 0 Å². The fourth-order valence-electron chi connectivity index (χ4n) is 0.114. The van der Waals surface area contributed by atoms with Crippen LogP contribution in [0.25, 0.3) is 0 Å². The van der Waals surface area contributed by atoms with Crippen LogP contribution in [-0.4, -0.2) is 7.85 Å². The van der Waals surface area contributed by atoms with Crippen molar-refractivity contribution >= 4 is 20.5 Å². The minimum absolute atomic E-state index is 1.45. The summed E-state index contributed by atoms with van der Waals surface area (Å²) in [5.41, 5.74) is 0. The minimum Gasteiger partial charge on any atom is -0.151 e. The molecule has 0 aliphatic rings. The van der Waals surface area contributed by atoms with Crippen LogP contribution < -0.4 is 0 Å². The lowest BCUT2D eigenvalue weighted by Gasteiger charge is -1.62. The second-order valence-corrected chi connectivity index (χ2v) is 1.02. The van der Waals surface area contributed by atoms with Gasteiger partial charge in [0.25, 0.3) is 0 Å². The van der Waals surface area contributed by atoms with E-state index in [4.69, 9.17) is 7.85 Å². The van der Waals surface area contributed by atoms with E-state index >= 15 is 0 Å². The third-order valence-corrected chi connectivity index (χ3v) is 0.480. The van der Waals surface area contributed by atoms with E-state index in [-0.39, 0.29) is 0 Å². The van der Waals surface area contributed by atoms with Crippen molar-refractivity contribution in [2.24, 2.45) is 0 Å². The Kier molecular flexibility index (Phi) is 4.81. The lowest BCUT2D eigenvalue weighted by Crippen LogP contribution is -1.45. The van der Waals surface area contributed by atoms with E-state index in [0.29, 0.717) is 0 Å². The van der Waals surface area contributed by atoms with Crippen LogP contribution in [0, 0.1) is 0 Å². The molecule has 0 aliphatic heterocycles. The maximum absolute atomic E-state index is 4.95. The molecule has 0 amide bonds. The van der Waals surface area contributed by atoms with E-state index in [1.54, 1.807) is 17.6 Å². The van der Waals surface area contributed by atoms with Gasteiger partial charge in [-0.2, -0.15) is 12.6 Å². The summed E-state index contributed by atoms with van der Waals surface area (Å²) in [4.78, 5) is 0. The number of hydrogen-bond acceptors (Lipinski definition) is 1. The van der Waals surface area contributed by atoms with E-state index in [2.05, 4.69) is 12.6 Å². The van der Waals surface area contributed by atoms with Gasteiger partial charge in [0.15, 0.2) is 0 Å². The van der Waals surface area contributed by atoms with Gasteiger partial charge in [0.1, 0.15) is 7.85 Å². The molecular formula is C4H5BS. The molecule has 0 aromatic rings. The molecule has 0 fully saturated rings. The highest BCUT2D eigenvalue weighted by atomic mass is 32.1. The summed E-state index contributed by atoms with van der Waals surface area (Å²) in [6.07, 6.45) is 3.44. The smallest absolute Gasteiger partial charge is 0.102 e. The molecule has 0 saturated heterocycles. The van der Waals surface area contributed by atoms with E-state index in [9.17, 15) is 0 Å². The zero-order valence-corrected chi connectivity index (χ0v) is 4.23. The lowest BCUT2D eigenvalue weighted by molar-refractivity contribution is 2.09. The number of hydrogen-bond donors (Lipinski definition) is 1. The second-order valence-electron chi connectivity index (χ2n) is 0.726. The van der Waals surface area contributed by atoms with Gasteiger partial charge in [0.2, 0.25) is 0 Å². The Hall–Kier alpha value is -0.105. The third kappa shape index (κ3) is 3.89. The quantitative estimate of drug-likeness (QED) is 0.282. The molecule has 30 valence electrons. The summed E-state index contributed by atoms with van der Waals surface area (Å²) in [6.45, 7) is 0. The summed E-state index contributed by atoms with van der Waals surface area (Å²) >= 11 is 3.77. The summed E-state index contributed by atoms with van der Waals surface area (Å²) in [5.74, 6) is 1.45. The Morgan fingerprint density at radius 3 is 2.17 bits per heavy atom. The molecule has 6 heavy (non-hydrogen) atoms. The number of rotatable bonds is 1. The average molecular weight is 96.0 g/mol. The van der Waals surface area contributed by atoms with Crippen molar-refractivity contribution in [3.63, 3.8) is 0 Å². The lowest BCUT2D eigenvalue weighted by atomic mass is 10.1. The first-order valence-electron chi connectivity index (χ1n) is 1.59. The van der Waals surface area contributed by atoms with E-state index < -0.39 is 0 Å². The minimum atomic E-state index is 1.45. The second kappa shape index (κ2) is 4.89. The molecule has 0 rings (SSSR count). The van der Waals surface area contributed by atoms with Crippen LogP contribution in [0.1, 0.15) is 0 Å². The summed E-state index contributed by atoms with van der Waals surface area (Å²) in [5, 5.41) is 1.61. The third-order valence-electron chi connectivity index (χ3n) is 0.308. The highest BCUT2D eigenvalue weighted by Crippen LogP contribution is 1.75. The molecule has 0 aromatic heterocycles. The van der Waals surface area contributed by atoms with Crippen molar-refractivity contribution in [3.8, 4) is 0 Å².